The second kappa shape index (κ2) is 9.39. The zero-order chi connectivity index (χ0) is 27.4. The van der Waals surface area contributed by atoms with Crippen LogP contribution < -0.4 is 0 Å². The van der Waals surface area contributed by atoms with Gasteiger partial charge in [0.15, 0.2) is 0 Å². The number of hydrogen-bond donors (Lipinski definition) is 0. The molecule has 2 rings (SSSR count). The average molecular weight is 477 g/mol. The van der Waals surface area contributed by atoms with Gasteiger partial charge in [-0.1, -0.05) is 141 Å². The Hall–Kier alpha value is -1.56. The van der Waals surface area contributed by atoms with E-state index in [0.29, 0.717) is 5.92 Å². The summed E-state index contributed by atoms with van der Waals surface area (Å²) in [5, 5.41) is 0. The first-order valence-electron chi connectivity index (χ1n) is 13.8. The Bertz CT molecular complexity index is 1030. The highest BCUT2D eigenvalue weighted by Crippen LogP contribution is 2.47. The maximum Gasteiger partial charge on any atom is -0.0126 e. The molecule has 0 radical (unpaired) electrons. The van der Waals surface area contributed by atoms with Gasteiger partial charge < -0.3 is 0 Å². The molecule has 0 aromatic heterocycles. The molecule has 2 aromatic carbocycles. The number of hydrogen-bond acceptors (Lipinski definition) is 0. The SMILES string of the molecule is CC(Cc1cc(C(C)(C)C)c(C(C)(C)C)c(C(C)(C)C)c1C(C)(C)C)c1cccc(C(C)(C)C)c1. The summed E-state index contributed by atoms with van der Waals surface area (Å²) in [5.41, 5.74) is 11.1. The fraction of sp³-hybridized carbons (Fsp3) is 0.657. The highest BCUT2D eigenvalue weighted by Gasteiger charge is 2.38. The van der Waals surface area contributed by atoms with Gasteiger partial charge in [-0.25, -0.2) is 0 Å². The molecule has 0 saturated carbocycles. The maximum absolute atomic E-state index is 2.60. The predicted molar refractivity (Wildman–Crippen MR) is 159 cm³/mol. The molecule has 1 atom stereocenters. The topological polar surface area (TPSA) is 0 Å². The van der Waals surface area contributed by atoms with Crippen molar-refractivity contribution in [2.75, 3.05) is 0 Å². The molecular formula is C35H56. The third-order valence-electron chi connectivity index (χ3n) is 7.31. The van der Waals surface area contributed by atoms with E-state index in [1.165, 1.54) is 22.3 Å². The maximum atomic E-state index is 2.60. The molecule has 0 fully saturated rings. The van der Waals surface area contributed by atoms with E-state index in [1.54, 1.807) is 16.7 Å². The van der Waals surface area contributed by atoms with Crippen LogP contribution in [0, 0.1) is 0 Å². The van der Waals surface area contributed by atoms with Crippen LogP contribution in [0.25, 0.3) is 0 Å². The Morgan fingerprint density at radius 1 is 0.543 bits per heavy atom. The monoisotopic (exact) mass is 476 g/mol. The van der Waals surface area contributed by atoms with Crippen molar-refractivity contribution in [3.05, 3.63) is 69.3 Å². The summed E-state index contributed by atoms with van der Waals surface area (Å²) >= 11 is 0. The van der Waals surface area contributed by atoms with Crippen molar-refractivity contribution in [2.24, 2.45) is 0 Å². The van der Waals surface area contributed by atoms with Crippen molar-refractivity contribution in [3.63, 3.8) is 0 Å². The van der Waals surface area contributed by atoms with Crippen LogP contribution in [0.4, 0.5) is 0 Å². The van der Waals surface area contributed by atoms with Crippen molar-refractivity contribution < 1.29 is 0 Å². The first-order valence-corrected chi connectivity index (χ1v) is 13.8. The highest BCUT2D eigenvalue weighted by molar-refractivity contribution is 5.57. The first kappa shape index (κ1) is 29.7. The molecule has 0 spiro atoms. The second-order valence-corrected chi connectivity index (χ2v) is 16.2. The van der Waals surface area contributed by atoms with Crippen LogP contribution in [0.15, 0.2) is 30.3 Å². The smallest absolute Gasteiger partial charge is 0.0126 e. The Balaban J connectivity index is 2.91. The average Bonchev–Trinajstić information content (AvgIpc) is 2.63. The van der Waals surface area contributed by atoms with E-state index >= 15 is 0 Å². The largest absolute Gasteiger partial charge is 0.0617 e. The summed E-state index contributed by atoms with van der Waals surface area (Å²) < 4.78 is 0. The summed E-state index contributed by atoms with van der Waals surface area (Å²) in [7, 11) is 0. The highest BCUT2D eigenvalue weighted by atomic mass is 14.4. The standard InChI is InChI=1S/C35H56/c1-23(24-18-17-19-26(21-24)31(2,3)4)20-25-22-27(32(5,6)7)29(34(11,12)13)30(35(14,15)16)28(25)33(8,9)10/h17-19,21-23H,20H2,1-16H3. The minimum absolute atomic E-state index is 0.0661. The minimum atomic E-state index is 0.0661. The van der Waals surface area contributed by atoms with Crippen LogP contribution in [-0.4, -0.2) is 0 Å². The molecule has 35 heavy (non-hydrogen) atoms. The van der Waals surface area contributed by atoms with Crippen LogP contribution in [0.2, 0.25) is 0 Å². The summed E-state index contributed by atoms with van der Waals surface area (Å²) in [4.78, 5) is 0. The van der Waals surface area contributed by atoms with Gasteiger partial charge in [-0.15, -0.1) is 0 Å². The van der Waals surface area contributed by atoms with Gasteiger partial charge in [0.05, 0.1) is 0 Å². The molecule has 0 bridgehead atoms. The molecular weight excluding hydrogens is 420 g/mol. The lowest BCUT2D eigenvalue weighted by molar-refractivity contribution is 0.472. The molecule has 0 heterocycles. The van der Waals surface area contributed by atoms with E-state index in [1.807, 2.05) is 0 Å². The zero-order valence-electron chi connectivity index (χ0n) is 26.2. The molecule has 0 aliphatic carbocycles. The van der Waals surface area contributed by atoms with Crippen LogP contribution in [0.5, 0.6) is 0 Å². The normalized spacial score (nSPS) is 14.9. The van der Waals surface area contributed by atoms with Crippen molar-refractivity contribution in [2.45, 2.75) is 150 Å². The lowest BCUT2D eigenvalue weighted by Gasteiger charge is -2.42. The predicted octanol–water partition coefficient (Wildman–Crippen LogP) is 10.5. The molecule has 0 aliphatic heterocycles. The van der Waals surface area contributed by atoms with E-state index in [2.05, 4.69) is 141 Å². The summed E-state index contributed by atoms with van der Waals surface area (Å²) in [6.45, 7) is 38.2. The lowest BCUT2D eigenvalue weighted by Crippen LogP contribution is -2.33. The Morgan fingerprint density at radius 2 is 1.03 bits per heavy atom. The van der Waals surface area contributed by atoms with E-state index in [0.717, 1.165) is 6.42 Å². The molecule has 0 aliphatic rings. The Morgan fingerprint density at radius 3 is 1.43 bits per heavy atom. The Kier molecular flexibility index (Phi) is 7.96. The first-order chi connectivity index (χ1) is 15.5. The van der Waals surface area contributed by atoms with Gasteiger partial charge in [0.25, 0.3) is 0 Å². The van der Waals surface area contributed by atoms with E-state index in [4.69, 9.17) is 0 Å². The van der Waals surface area contributed by atoms with Gasteiger partial charge in [0.2, 0.25) is 0 Å². The van der Waals surface area contributed by atoms with Crippen molar-refractivity contribution in [1.82, 2.24) is 0 Å². The van der Waals surface area contributed by atoms with Gasteiger partial charge in [0, 0.05) is 0 Å². The molecule has 0 saturated heterocycles. The lowest BCUT2D eigenvalue weighted by atomic mass is 9.62. The van der Waals surface area contributed by atoms with E-state index in [-0.39, 0.29) is 27.1 Å². The molecule has 0 amide bonds. The van der Waals surface area contributed by atoms with Gasteiger partial charge in [0.1, 0.15) is 0 Å². The summed E-state index contributed by atoms with van der Waals surface area (Å²) in [5.74, 6) is 0.458. The second-order valence-electron chi connectivity index (χ2n) is 16.2. The van der Waals surface area contributed by atoms with Gasteiger partial charge in [-0.3, -0.25) is 0 Å². The quantitative estimate of drug-likeness (QED) is 0.413. The van der Waals surface area contributed by atoms with Crippen LogP contribution in [0.1, 0.15) is 156 Å². The third-order valence-corrected chi connectivity index (χ3v) is 7.31. The minimum Gasteiger partial charge on any atom is -0.0617 e. The zero-order valence-corrected chi connectivity index (χ0v) is 26.2. The summed E-state index contributed by atoms with van der Waals surface area (Å²) in [6, 6.07) is 11.9. The molecule has 1 unspecified atom stereocenters. The van der Waals surface area contributed by atoms with Crippen LogP contribution in [0.3, 0.4) is 0 Å². The number of benzene rings is 2. The van der Waals surface area contributed by atoms with Crippen molar-refractivity contribution in [3.8, 4) is 0 Å². The van der Waals surface area contributed by atoms with Crippen molar-refractivity contribution in [1.29, 1.82) is 0 Å². The van der Waals surface area contributed by atoms with Gasteiger partial charge >= 0.3 is 0 Å². The van der Waals surface area contributed by atoms with E-state index < -0.39 is 0 Å². The molecule has 0 heteroatoms. The molecule has 0 nitrogen and oxygen atoms in total. The number of rotatable bonds is 3. The molecule has 196 valence electrons. The molecule has 2 aromatic rings. The third kappa shape index (κ3) is 6.81. The van der Waals surface area contributed by atoms with Crippen LogP contribution >= 0.6 is 0 Å². The molecule has 0 N–H and O–H groups in total. The van der Waals surface area contributed by atoms with Crippen molar-refractivity contribution >= 4 is 0 Å². The fourth-order valence-corrected chi connectivity index (χ4v) is 5.64. The summed E-state index contributed by atoms with van der Waals surface area (Å²) in [6.07, 6.45) is 1.07. The van der Waals surface area contributed by atoms with Gasteiger partial charge in [-0.05, 0) is 78.4 Å². The van der Waals surface area contributed by atoms with Crippen LogP contribution in [-0.2, 0) is 33.5 Å². The fourth-order valence-electron chi connectivity index (χ4n) is 5.64. The van der Waals surface area contributed by atoms with E-state index in [9.17, 15) is 0 Å². The Labute approximate surface area is 219 Å². The van der Waals surface area contributed by atoms with Gasteiger partial charge in [-0.2, -0.15) is 0 Å².